The molecule has 14 nitrogen and oxygen atoms in total. The Hall–Kier alpha value is -4.10. The van der Waals surface area contributed by atoms with Crippen LogP contribution in [0.2, 0.25) is 0 Å². The summed E-state index contributed by atoms with van der Waals surface area (Å²) in [4.78, 5) is 94.0. The van der Waals surface area contributed by atoms with Crippen molar-refractivity contribution >= 4 is 47.5 Å². The van der Waals surface area contributed by atoms with Gasteiger partial charge in [-0.2, -0.15) is 0 Å². The van der Waals surface area contributed by atoms with Crippen LogP contribution in [0, 0.1) is 0 Å². The maximum Gasteiger partial charge on any atom is 0.327 e. The molecule has 0 aromatic carbocycles. The summed E-state index contributed by atoms with van der Waals surface area (Å²) in [5, 5.41) is 18.4. The lowest BCUT2D eigenvalue weighted by molar-refractivity contribution is -0.162. The van der Waals surface area contributed by atoms with Crippen LogP contribution in [-0.4, -0.2) is 92.8 Å². The van der Waals surface area contributed by atoms with Gasteiger partial charge in [-0.3, -0.25) is 38.6 Å². The molecule has 0 aliphatic carbocycles. The minimum absolute atomic E-state index is 0.153. The van der Waals surface area contributed by atoms with Crippen LogP contribution < -0.4 is 0 Å². The first-order valence-electron chi connectivity index (χ1n) is 9.99. The summed E-state index contributed by atoms with van der Waals surface area (Å²) in [6.07, 6.45) is -2.22. The Kier molecular flexibility index (Phi) is 10.5. The van der Waals surface area contributed by atoms with Crippen LogP contribution >= 0.6 is 0 Å². The van der Waals surface area contributed by atoms with Gasteiger partial charge in [0.2, 0.25) is 23.6 Å². The molecule has 0 spiro atoms. The molecule has 0 aromatic rings. The monoisotopic (exact) mass is 484 g/mol. The van der Waals surface area contributed by atoms with Crippen molar-refractivity contribution in [3.8, 4) is 0 Å². The van der Waals surface area contributed by atoms with Gasteiger partial charge in [0.1, 0.15) is 25.3 Å². The topological polar surface area (TPSA) is 202 Å². The van der Waals surface area contributed by atoms with Gasteiger partial charge in [0.05, 0.1) is 12.8 Å². The summed E-state index contributed by atoms with van der Waals surface area (Å²) in [7, 11) is 0. The molecular weight excluding hydrogens is 460 g/mol. The number of rotatable bonds is 11. The van der Waals surface area contributed by atoms with E-state index in [0.717, 1.165) is 0 Å². The van der Waals surface area contributed by atoms with Gasteiger partial charge in [0.15, 0.2) is 0 Å². The quantitative estimate of drug-likeness (QED) is 0.155. The molecule has 4 amide bonds. The summed E-state index contributed by atoms with van der Waals surface area (Å²) < 4.78 is 9.45. The summed E-state index contributed by atoms with van der Waals surface area (Å²) in [6.45, 7) is 4.97. The zero-order valence-electron chi connectivity index (χ0n) is 18.1. The Morgan fingerprint density at radius 3 is 1.18 bits per heavy atom. The third-order valence-electron chi connectivity index (χ3n) is 4.70. The molecule has 186 valence electrons. The zero-order chi connectivity index (χ0) is 26.0. The number of carboxylic acid groups (broad SMARTS) is 2. The number of hydrogen-bond acceptors (Lipinski definition) is 10. The van der Waals surface area contributed by atoms with Gasteiger partial charge in [-0.1, -0.05) is 0 Å². The number of ether oxygens (including phenoxy) is 2. The third kappa shape index (κ3) is 7.21. The van der Waals surface area contributed by atoms with Gasteiger partial charge in [0, 0.05) is 25.7 Å². The largest absolute Gasteiger partial charge is 0.480 e. The van der Waals surface area contributed by atoms with Crippen LogP contribution in [0.4, 0.5) is 0 Å². The Labute approximate surface area is 193 Å². The Balaban J connectivity index is 0.00000281. The fraction of sp³-hybridized carbons (Fsp3) is 0.500. The second kappa shape index (κ2) is 12.8. The summed E-state index contributed by atoms with van der Waals surface area (Å²) in [5.41, 5.74) is 0. The molecule has 2 N–H and O–H groups in total. The fourth-order valence-electron chi connectivity index (χ4n) is 3.21. The number of carboxylic acids is 2. The molecule has 2 aliphatic rings. The van der Waals surface area contributed by atoms with Crippen LogP contribution in [0.25, 0.3) is 0 Å². The first-order valence-corrected chi connectivity index (χ1v) is 9.99. The van der Waals surface area contributed by atoms with E-state index in [-0.39, 0.29) is 25.7 Å². The van der Waals surface area contributed by atoms with Crippen LogP contribution in [0.15, 0.2) is 13.2 Å². The smallest absolute Gasteiger partial charge is 0.327 e. The van der Waals surface area contributed by atoms with E-state index in [2.05, 4.69) is 13.2 Å². The second-order valence-corrected chi connectivity index (χ2v) is 6.87. The number of carbonyl (C=O) groups is 8. The lowest BCUT2D eigenvalue weighted by Crippen LogP contribution is -2.46. The van der Waals surface area contributed by atoms with E-state index in [0.29, 0.717) is 9.80 Å². The van der Waals surface area contributed by atoms with Crippen LogP contribution in [0.3, 0.4) is 0 Å². The van der Waals surface area contributed by atoms with Gasteiger partial charge < -0.3 is 19.7 Å². The van der Waals surface area contributed by atoms with Gasteiger partial charge in [-0.25, -0.2) is 9.59 Å². The summed E-state index contributed by atoms with van der Waals surface area (Å²) in [5.74, 6) is -8.14. The molecule has 34 heavy (non-hydrogen) atoms. The lowest BCUT2D eigenvalue weighted by atomic mass is 10.2. The minimum atomic E-state index is -1.72. The Morgan fingerprint density at radius 2 is 0.941 bits per heavy atom. The van der Waals surface area contributed by atoms with Crippen molar-refractivity contribution in [3.63, 3.8) is 0 Å². The first-order chi connectivity index (χ1) is 16.0. The molecule has 0 bridgehead atoms. The fourth-order valence-corrected chi connectivity index (χ4v) is 3.21. The second-order valence-electron chi connectivity index (χ2n) is 6.87. The van der Waals surface area contributed by atoms with E-state index >= 15 is 0 Å². The van der Waals surface area contributed by atoms with Crippen LogP contribution in [0.1, 0.15) is 38.5 Å². The van der Waals surface area contributed by atoms with Crippen molar-refractivity contribution in [3.05, 3.63) is 13.2 Å². The highest BCUT2D eigenvalue weighted by molar-refractivity contribution is 6.06. The van der Waals surface area contributed by atoms with Crippen LogP contribution in [-0.2, 0) is 47.8 Å². The average molecular weight is 484 g/mol. The minimum Gasteiger partial charge on any atom is -0.480 e. The molecule has 0 aromatic heterocycles. The number of carbonyl (C=O) groups excluding carboxylic acids is 6. The summed E-state index contributed by atoms with van der Waals surface area (Å²) >= 11 is 0. The van der Waals surface area contributed by atoms with Crippen molar-refractivity contribution < 1.29 is 58.0 Å². The van der Waals surface area contributed by atoms with E-state index in [1.807, 2.05) is 0 Å². The number of likely N-dealkylation sites (tertiary alicyclic amines) is 2. The van der Waals surface area contributed by atoms with Gasteiger partial charge in [0.25, 0.3) is 0 Å². The van der Waals surface area contributed by atoms with Crippen molar-refractivity contribution in [1.82, 2.24) is 9.80 Å². The average Bonchev–Trinajstić information content (AvgIpc) is 3.29. The van der Waals surface area contributed by atoms with E-state index in [4.69, 9.17) is 9.47 Å². The Morgan fingerprint density at radius 1 is 0.676 bits per heavy atom. The standard InChI is InChI=1S/C18H20N2O12.C2H4/c21-11-1-2-12(22)19(11)9(17(27)28)7-15(25)31-5-6-32-16(26)8-10(18(29)30)20-13(23)3-4-14(20)24;1-2/h9-10H,1-8H2,(H,27,28)(H,29,30);1-2H2. The highest BCUT2D eigenvalue weighted by atomic mass is 16.6. The Bertz CT molecular complexity index is 781. The maximum absolute atomic E-state index is 11.9. The summed E-state index contributed by atoms with van der Waals surface area (Å²) in [6, 6.07) is -3.45. The molecule has 2 atom stereocenters. The number of imide groups is 2. The van der Waals surface area contributed by atoms with Gasteiger partial charge >= 0.3 is 23.9 Å². The van der Waals surface area contributed by atoms with Gasteiger partial charge in [-0.15, -0.1) is 13.2 Å². The molecule has 2 rings (SSSR count). The molecule has 14 heteroatoms. The predicted molar refractivity (Wildman–Crippen MR) is 107 cm³/mol. The molecule has 2 aliphatic heterocycles. The first kappa shape index (κ1) is 27.9. The SMILES string of the molecule is C=C.O=C(CC(C(=O)O)N1C(=O)CCC1=O)OCCOC(=O)CC(C(=O)O)N1C(=O)CCC1=O. The molecular formula is C20H24N2O12. The number of nitrogens with zero attached hydrogens (tertiary/aromatic N) is 2. The third-order valence-corrected chi connectivity index (χ3v) is 4.70. The van der Waals surface area contributed by atoms with Crippen molar-refractivity contribution in [2.75, 3.05) is 13.2 Å². The van der Waals surface area contributed by atoms with Crippen molar-refractivity contribution in [1.29, 1.82) is 0 Å². The number of esters is 2. The highest BCUT2D eigenvalue weighted by Gasteiger charge is 2.41. The molecule has 0 radical (unpaired) electrons. The number of amides is 4. The molecule has 2 unspecified atom stereocenters. The molecule has 0 saturated carbocycles. The highest BCUT2D eigenvalue weighted by Crippen LogP contribution is 2.19. The molecule has 2 fully saturated rings. The lowest BCUT2D eigenvalue weighted by Gasteiger charge is -2.22. The molecule has 2 saturated heterocycles. The molecule has 2 heterocycles. The van der Waals surface area contributed by atoms with Crippen molar-refractivity contribution in [2.45, 2.75) is 50.6 Å². The van der Waals surface area contributed by atoms with E-state index in [9.17, 15) is 48.6 Å². The van der Waals surface area contributed by atoms with E-state index in [1.165, 1.54) is 0 Å². The number of aliphatic carboxylic acids is 2. The van der Waals surface area contributed by atoms with E-state index in [1.54, 1.807) is 0 Å². The zero-order valence-corrected chi connectivity index (χ0v) is 18.1. The maximum atomic E-state index is 11.9. The number of hydrogen-bond donors (Lipinski definition) is 2. The van der Waals surface area contributed by atoms with Crippen LogP contribution in [0.5, 0.6) is 0 Å². The van der Waals surface area contributed by atoms with Crippen molar-refractivity contribution in [2.24, 2.45) is 0 Å². The predicted octanol–water partition coefficient (Wildman–Crippen LogP) is -1.14. The normalized spacial score (nSPS) is 17.1. The van der Waals surface area contributed by atoms with Gasteiger partial charge in [-0.05, 0) is 0 Å². The van der Waals surface area contributed by atoms with E-state index < -0.39 is 85.6 Å².